The Morgan fingerprint density at radius 1 is 1.27 bits per heavy atom. The summed E-state index contributed by atoms with van der Waals surface area (Å²) in [5.74, 6) is -0.743. The average Bonchev–Trinajstić information content (AvgIpc) is 3.30. The van der Waals surface area contributed by atoms with Gasteiger partial charge in [0.1, 0.15) is 5.82 Å². The van der Waals surface area contributed by atoms with Crippen molar-refractivity contribution in [1.82, 2.24) is 9.78 Å². The van der Waals surface area contributed by atoms with Crippen LogP contribution in [0.5, 0.6) is 0 Å². The highest BCUT2D eigenvalue weighted by atomic mass is 32.2. The molecule has 3 aromatic rings. The molecule has 1 fully saturated rings. The molecule has 160 valence electrons. The zero-order valence-corrected chi connectivity index (χ0v) is 16.9. The predicted octanol–water partition coefficient (Wildman–Crippen LogP) is 4.20. The third-order valence-corrected chi connectivity index (χ3v) is 7.04. The number of sulfone groups is 1. The number of aryl methyl sites for hydroxylation is 1. The van der Waals surface area contributed by atoms with Gasteiger partial charge in [-0.15, -0.1) is 0 Å². The quantitative estimate of drug-likeness (QED) is 0.623. The fourth-order valence-corrected chi connectivity index (χ4v) is 5.23. The summed E-state index contributed by atoms with van der Waals surface area (Å²) in [4.78, 5) is 0.158. The molecule has 0 bridgehead atoms. The summed E-state index contributed by atoms with van der Waals surface area (Å²) in [6.45, 7) is 0.992. The summed E-state index contributed by atoms with van der Waals surface area (Å²) >= 11 is 0. The Morgan fingerprint density at radius 3 is 2.77 bits per heavy atom. The summed E-state index contributed by atoms with van der Waals surface area (Å²) in [7, 11) is -1.85. The minimum absolute atomic E-state index is 0.00274. The van der Waals surface area contributed by atoms with Gasteiger partial charge in [0, 0.05) is 24.7 Å². The van der Waals surface area contributed by atoms with Crippen molar-refractivity contribution in [3.8, 4) is 0 Å². The molecule has 2 heterocycles. The van der Waals surface area contributed by atoms with Crippen LogP contribution in [0.15, 0.2) is 41.3 Å². The van der Waals surface area contributed by atoms with Crippen LogP contribution in [0.3, 0.4) is 0 Å². The fourth-order valence-electron chi connectivity index (χ4n) is 3.58. The molecule has 0 amide bonds. The van der Waals surface area contributed by atoms with E-state index < -0.39 is 27.6 Å². The number of alkyl halides is 2. The van der Waals surface area contributed by atoms with Crippen molar-refractivity contribution >= 4 is 32.2 Å². The lowest BCUT2D eigenvalue weighted by Crippen LogP contribution is -2.16. The first-order valence-electron chi connectivity index (χ1n) is 9.36. The Labute approximate surface area is 171 Å². The van der Waals surface area contributed by atoms with E-state index in [0.717, 1.165) is 12.1 Å². The maximum Gasteiger partial charge on any atom is 0.266 e. The summed E-state index contributed by atoms with van der Waals surface area (Å²) in [5.41, 5.74) is 0.169. The van der Waals surface area contributed by atoms with Gasteiger partial charge in [-0.3, -0.25) is 4.68 Å². The highest BCUT2D eigenvalue weighted by Gasteiger charge is 2.25. The largest absolute Gasteiger partial charge is 0.381 e. The first-order chi connectivity index (χ1) is 14.2. The van der Waals surface area contributed by atoms with Crippen molar-refractivity contribution in [2.45, 2.75) is 17.7 Å². The normalized spacial score (nSPS) is 17.2. The number of anilines is 2. The van der Waals surface area contributed by atoms with E-state index in [0.29, 0.717) is 36.4 Å². The van der Waals surface area contributed by atoms with E-state index in [1.807, 2.05) is 0 Å². The average molecular weight is 439 g/mol. The van der Waals surface area contributed by atoms with Crippen molar-refractivity contribution in [3.63, 3.8) is 0 Å². The van der Waals surface area contributed by atoms with Crippen molar-refractivity contribution in [3.05, 3.63) is 47.8 Å². The predicted molar refractivity (Wildman–Crippen MR) is 106 cm³/mol. The smallest absolute Gasteiger partial charge is 0.266 e. The van der Waals surface area contributed by atoms with Gasteiger partial charge in [-0.2, -0.15) is 5.10 Å². The summed E-state index contributed by atoms with van der Waals surface area (Å²) in [5, 5.41) is 7.73. The van der Waals surface area contributed by atoms with E-state index in [9.17, 15) is 21.6 Å². The second kappa shape index (κ2) is 7.92. The molecule has 30 heavy (non-hydrogen) atoms. The fraction of sp³-hybridized carbons (Fsp3) is 0.350. The molecule has 2 aromatic carbocycles. The highest BCUT2D eigenvalue weighted by Crippen LogP contribution is 2.31. The maximum atomic E-state index is 13.6. The van der Waals surface area contributed by atoms with Crippen LogP contribution in [0.4, 0.5) is 24.7 Å². The standard InChI is InChI=1S/C20H20F3N3O3S/c1-26-18-5-3-14(30(27,28)11-12-6-7-29-10-12)9-16(18)20(25-26)24-13-2-4-17(21)15(8-13)19(22)23/h2-5,8-9,12,19H,6-7,10-11H2,1H3,(H,24,25)/t12-/m0/s1. The number of hydrogen-bond donors (Lipinski definition) is 1. The van der Waals surface area contributed by atoms with E-state index in [4.69, 9.17) is 4.74 Å². The lowest BCUT2D eigenvalue weighted by Gasteiger charge is -2.10. The van der Waals surface area contributed by atoms with Crippen LogP contribution in [-0.4, -0.2) is 37.2 Å². The molecule has 4 rings (SSSR count). The van der Waals surface area contributed by atoms with E-state index in [1.54, 1.807) is 17.8 Å². The maximum absolute atomic E-state index is 13.6. The van der Waals surface area contributed by atoms with Crippen LogP contribution >= 0.6 is 0 Å². The van der Waals surface area contributed by atoms with Gasteiger partial charge in [-0.1, -0.05) is 0 Å². The molecule has 0 aliphatic carbocycles. The Morgan fingerprint density at radius 2 is 2.07 bits per heavy atom. The van der Waals surface area contributed by atoms with E-state index >= 15 is 0 Å². The molecule has 0 unspecified atom stereocenters. The van der Waals surface area contributed by atoms with Crippen LogP contribution in [0.2, 0.25) is 0 Å². The number of aromatic nitrogens is 2. The summed E-state index contributed by atoms with van der Waals surface area (Å²) in [6, 6.07) is 8.00. The molecule has 1 aliphatic rings. The first kappa shape index (κ1) is 20.7. The van der Waals surface area contributed by atoms with Gasteiger partial charge in [-0.05, 0) is 48.7 Å². The lowest BCUT2D eigenvalue weighted by atomic mass is 10.2. The number of benzene rings is 2. The van der Waals surface area contributed by atoms with Gasteiger partial charge in [-0.25, -0.2) is 21.6 Å². The Balaban J connectivity index is 1.69. The molecule has 1 saturated heterocycles. The number of nitrogens with one attached hydrogen (secondary N) is 1. The minimum Gasteiger partial charge on any atom is -0.381 e. The summed E-state index contributed by atoms with van der Waals surface area (Å²) in [6.07, 6.45) is -2.25. The zero-order chi connectivity index (χ0) is 21.5. The lowest BCUT2D eigenvalue weighted by molar-refractivity contribution is 0.146. The van der Waals surface area contributed by atoms with Crippen LogP contribution in [0.25, 0.3) is 10.9 Å². The number of halogens is 3. The number of rotatable bonds is 6. The van der Waals surface area contributed by atoms with Crippen molar-refractivity contribution in [2.75, 3.05) is 24.3 Å². The minimum atomic E-state index is -3.53. The molecule has 1 aliphatic heterocycles. The Kier molecular flexibility index (Phi) is 5.46. The second-order valence-corrected chi connectivity index (χ2v) is 9.36. The molecule has 10 heteroatoms. The zero-order valence-electron chi connectivity index (χ0n) is 16.1. The van der Waals surface area contributed by atoms with E-state index in [1.165, 1.54) is 18.2 Å². The van der Waals surface area contributed by atoms with Crippen LogP contribution in [-0.2, 0) is 21.6 Å². The van der Waals surface area contributed by atoms with Crippen LogP contribution in [0, 0.1) is 11.7 Å². The number of fused-ring (bicyclic) bond motifs is 1. The van der Waals surface area contributed by atoms with Gasteiger partial charge >= 0.3 is 0 Å². The number of ether oxygens (including phenoxy) is 1. The van der Waals surface area contributed by atoms with E-state index in [-0.39, 0.29) is 22.3 Å². The van der Waals surface area contributed by atoms with Crippen LogP contribution < -0.4 is 5.32 Å². The van der Waals surface area contributed by atoms with Crippen molar-refractivity contribution < 1.29 is 26.3 Å². The number of hydrogen-bond acceptors (Lipinski definition) is 5. The Bertz CT molecular complexity index is 1190. The Hall–Kier alpha value is -2.59. The van der Waals surface area contributed by atoms with E-state index in [2.05, 4.69) is 10.4 Å². The van der Waals surface area contributed by atoms with Gasteiger partial charge in [0.15, 0.2) is 15.7 Å². The highest BCUT2D eigenvalue weighted by molar-refractivity contribution is 7.91. The molecule has 1 atom stereocenters. The molecular weight excluding hydrogens is 419 g/mol. The topological polar surface area (TPSA) is 73.2 Å². The monoisotopic (exact) mass is 439 g/mol. The SMILES string of the molecule is Cn1nc(Nc2ccc(F)c(C(F)F)c2)c2cc(S(=O)(=O)C[C@H]3CCOC3)ccc21. The second-order valence-electron chi connectivity index (χ2n) is 7.32. The molecule has 0 saturated carbocycles. The molecule has 1 N–H and O–H groups in total. The van der Waals surface area contributed by atoms with Crippen LogP contribution in [0.1, 0.15) is 18.4 Å². The molecule has 0 spiro atoms. The van der Waals surface area contributed by atoms with Gasteiger partial charge in [0.25, 0.3) is 6.43 Å². The third kappa shape index (κ3) is 4.01. The van der Waals surface area contributed by atoms with Crippen molar-refractivity contribution in [2.24, 2.45) is 13.0 Å². The summed E-state index contributed by atoms with van der Waals surface area (Å²) < 4.78 is 72.0. The van der Waals surface area contributed by atoms with Gasteiger partial charge in [0.05, 0.1) is 28.3 Å². The van der Waals surface area contributed by atoms with Crippen molar-refractivity contribution in [1.29, 1.82) is 0 Å². The number of nitrogens with zero attached hydrogens (tertiary/aromatic N) is 2. The van der Waals surface area contributed by atoms with Gasteiger partial charge < -0.3 is 10.1 Å². The first-order valence-corrected chi connectivity index (χ1v) is 11.0. The molecular formula is C20H20F3N3O3S. The molecule has 1 aromatic heterocycles. The van der Waals surface area contributed by atoms with Gasteiger partial charge in [0.2, 0.25) is 0 Å². The molecule has 6 nitrogen and oxygen atoms in total. The molecule has 0 radical (unpaired) electrons. The third-order valence-electron chi connectivity index (χ3n) is 5.15.